The van der Waals surface area contributed by atoms with Gasteiger partial charge in [0, 0.05) is 32.2 Å². The first-order valence-electron chi connectivity index (χ1n) is 10.5. The van der Waals surface area contributed by atoms with E-state index in [9.17, 15) is 4.79 Å². The summed E-state index contributed by atoms with van der Waals surface area (Å²) in [6.45, 7) is 6.40. The van der Waals surface area contributed by atoms with Gasteiger partial charge >= 0.3 is 0 Å². The lowest BCUT2D eigenvalue weighted by molar-refractivity contribution is -0.123. The lowest BCUT2D eigenvalue weighted by Crippen LogP contribution is -2.51. The Hall–Kier alpha value is -1.75. The van der Waals surface area contributed by atoms with Gasteiger partial charge in [-0.05, 0) is 56.1 Å². The molecule has 0 radical (unpaired) electrons. The van der Waals surface area contributed by atoms with Crippen molar-refractivity contribution in [2.45, 2.75) is 38.6 Å². The van der Waals surface area contributed by atoms with Crippen molar-refractivity contribution in [1.82, 2.24) is 10.2 Å². The molecule has 2 bridgehead atoms. The molecule has 3 aliphatic rings. The molecule has 1 saturated heterocycles. The second-order valence-electron chi connectivity index (χ2n) is 8.63. The van der Waals surface area contributed by atoms with Crippen LogP contribution in [-0.4, -0.2) is 56.7 Å². The molecule has 1 N–H and O–H groups in total. The Morgan fingerprint density at radius 2 is 1.96 bits per heavy atom. The predicted molar refractivity (Wildman–Crippen MR) is 108 cm³/mol. The van der Waals surface area contributed by atoms with Gasteiger partial charge in [0.1, 0.15) is 5.75 Å². The fourth-order valence-electron chi connectivity index (χ4n) is 5.55. The molecule has 1 aliphatic heterocycles. The van der Waals surface area contributed by atoms with Crippen LogP contribution in [0.5, 0.6) is 5.75 Å². The van der Waals surface area contributed by atoms with Crippen LogP contribution in [0.25, 0.3) is 0 Å². The Morgan fingerprint density at radius 1 is 1.19 bits per heavy atom. The van der Waals surface area contributed by atoms with Gasteiger partial charge in [-0.2, -0.15) is 0 Å². The number of piperazine rings is 1. The minimum atomic E-state index is 0.191. The molecular weight excluding hydrogens is 338 g/mol. The van der Waals surface area contributed by atoms with Crippen molar-refractivity contribution >= 4 is 11.6 Å². The van der Waals surface area contributed by atoms with E-state index < -0.39 is 0 Å². The largest absolute Gasteiger partial charge is 0.495 e. The number of anilines is 1. The summed E-state index contributed by atoms with van der Waals surface area (Å²) in [5, 5.41) is 3.30. The molecule has 0 aromatic heterocycles. The number of nitrogens with zero attached hydrogens (tertiary/aromatic N) is 2. The van der Waals surface area contributed by atoms with E-state index in [0.29, 0.717) is 18.5 Å². The molecule has 0 unspecified atom stereocenters. The lowest BCUT2D eigenvalue weighted by Gasteiger charge is -2.36. The molecule has 2 aliphatic carbocycles. The molecule has 0 spiro atoms. The molecule has 3 fully saturated rings. The average molecular weight is 372 g/mol. The maximum Gasteiger partial charge on any atom is 0.234 e. The Kier molecular flexibility index (Phi) is 5.58. The molecule has 2 saturated carbocycles. The Balaban J connectivity index is 1.23. The van der Waals surface area contributed by atoms with Crippen LogP contribution in [-0.2, 0) is 4.79 Å². The summed E-state index contributed by atoms with van der Waals surface area (Å²) in [4.78, 5) is 17.2. The highest BCUT2D eigenvalue weighted by Gasteiger charge is 2.42. The average Bonchev–Trinajstić information content (AvgIpc) is 3.32. The number of rotatable bonds is 6. The summed E-state index contributed by atoms with van der Waals surface area (Å²) in [6, 6.07) is 8.49. The molecule has 1 heterocycles. The number of ether oxygens (including phenoxy) is 1. The van der Waals surface area contributed by atoms with Gasteiger partial charge in [-0.3, -0.25) is 9.69 Å². The van der Waals surface area contributed by atoms with Crippen LogP contribution < -0.4 is 15.0 Å². The maximum atomic E-state index is 12.6. The number of carbonyl (C=O) groups is 1. The van der Waals surface area contributed by atoms with Gasteiger partial charge < -0.3 is 15.0 Å². The molecule has 27 heavy (non-hydrogen) atoms. The van der Waals surface area contributed by atoms with Crippen LogP contribution in [0, 0.1) is 17.8 Å². The summed E-state index contributed by atoms with van der Waals surface area (Å²) < 4.78 is 5.48. The highest BCUT2D eigenvalue weighted by Crippen LogP contribution is 2.49. The molecule has 1 aromatic carbocycles. The summed E-state index contributed by atoms with van der Waals surface area (Å²) in [6.07, 6.45) is 5.51. The van der Waals surface area contributed by atoms with E-state index in [1.165, 1.54) is 25.7 Å². The number of amides is 1. The van der Waals surface area contributed by atoms with Crippen molar-refractivity contribution in [2.24, 2.45) is 17.8 Å². The summed E-state index contributed by atoms with van der Waals surface area (Å²) >= 11 is 0. The first-order valence-corrected chi connectivity index (χ1v) is 10.5. The van der Waals surface area contributed by atoms with Gasteiger partial charge in [0.2, 0.25) is 5.91 Å². The normalized spacial score (nSPS) is 29.0. The van der Waals surface area contributed by atoms with Crippen molar-refractivity contribution < 1.29 is 9.53 Å². The Morgan fingerprint density at radius 3 is 2.63 bits per heavy atom. The van der Waals surface area contributed by atoms with Crippen molar-refractivity contribution in [3.05, 3.63) is 24.3 Å². The second kappa shape index (κ2) is 8.09. The number of para-hydroxylation sites is 2. The zero-order chi connectivity index (χ0) is 18.8. The smallest absolute Gasteiger partial charge is 0.234 e. The van der Waals surface area contributed by atoms with Crippen LogP contribution in [0.2, 0.25) is 0 Å². The number of hydrogen-bond acceptors (Lipinski definition) is 4. The zero-order valence-corrected chi connectivity index (χ0v) is 16.7. The van der Waals surface area contributed by atoms with Crippen molar-refractivity contribution in [3.8, 4) is 5.75 Å². The fourth-order valence-corrected chi connectivity index (χ4v) is 5.55. The monoisotopic (exact) mass is 371 g/mol. The standard InChI is InChI=1S/C22H33N3O2/c1-16(19-14-17-7-8-18(19)13-17)23-22(26)15-24-9-11-25(12-10-24)20-5-3-4-6-21(20)27-2/h3-6,16-19H,7-15H2,1-2H3,(H,23,26)/t16-,17+,18+,19+/m1/s1. The van der Waals surface area contributed by atoms with Gasteiger partial charge in [-0.25, -0.2) is 0 Å². The molecule has 5 heteroatoms. The van der Waals surface area contributed by atoms with Crippen LogP contribution in [0.3, 0.4) is 0 Å². The Bertz CT molecular complexity index is 657. The van der Waals surface area contributed by atoms with Crippen LogP contribution in [0.15, 0.2) is 24.3 Å². The SMILES string of the molecule is COc1ccccc1N1CCN(CC(=O)N[C@H](C)[C@@H]2C[C@H]3CC[C@H]2C3)CC1. The first-order chi connectivity index (χ1) is 13.1. The molecular formula is C22H33N3O2. The van der Waals surface area contributed by atoms with Gasteiger partial charge in [0.05, 0.1) is 19.3 Å². The Labute approximate surface area is 163 Å². The molecule has 4 atom stereocenters. The van der Waals surface area contributed by atoms with E-state index in [4.69, 9.17) is 4.74 Å². The van der Waals surface area contributed by atoms with Crippen molar-refractivity contribution in [2.75, 3.05) is 44.7 Å². The number of benzene rings is 1. The third kappa shape index (κ3) is 4.08. The quantitative estimate of drug-likeness (QED) is 0.835. The van der Waals surface area contributed by atoms with E-state index >= 15 is 0 Å². The molecule has 1 aromatic rings. The summed E-state index contributed by atoms with van der Waals surface area (Å²) in [5.74, 6) is 3.60. The van der Waals surface area contributed by atoms with E-state index in [2.05, 4.69) is 34.2 Å². The zero-order valence-electron chi connectivity index (χ0n) is 16.7. The van der Waals surface area contributed by atoms with Gasteiger partial charge in [0.25, 0.3) is 0 Å². The summed E-state index contributed by atoms with van der Waals surface area (Å²) in [5.41, 5.74) is 1.15. The molecule has 1 amide bonds. The number of hydrogen-bond donors (Lipinski definition) is 1. The van der Waals surface area contributed by atoms with Gasteiger partial charge in [0.15, 0.2) is 0 Å². The van der Waals surface area contributed by atoms with E-state index in [0.717, 1.165) is 49.5 Å². The first kappa shape index (κ1) is 18.6. The number of methoxy groups -OCH3 is 1. The topological polar surface area (TPSA) is 44.8 Å². The van der Waals surface area contributed by atoms with Crippen LogP contribution in [0.4, 0.5) is 5.69 Å². The molecule has 5 nitrogen and oxygen atoms in total. The number of carbonyl (C=O) groups excluding carboxylic acids is 1. The van der Waals surface area contributed by atoms with Gasteiger partial charge in [-0.1, -0.05) is 18.6 Å². The second-order valence-corrected chi connectivity index (χ2v) is 8.63. The number of fused-ring (bicyclic) bond motifs is 2. The highest BCUT2D eigenvalue weighted by atomic mass is 16.5. The van der Waals surface area contributed by atoms with Crippen molar-refractivity contribution in [3.63, 3.8) is 0 Å². The predicted octanol–water partition coefficient (Wildman–Crippen LogP) is 2.76. The minimum absolute atomic E-state index is 0.191. The lowest BCUT2D eigenvalue weighted by atomic mass is 9.84. The third-order valence-corrected chi connectivity index (χ3v) is 6.99. The van der Waals surface area contributed by atoms with E-state index in [1.54, 1.807) is 7.11 Å². The number of nitrogens with one attached hydrogen (secondary N) is 1. The third-order valence-electron chi connectivity index (χ3n) is 6.99. The van der Waals surface area contributed by atoms with E-state index in [1.807, 2.05) is 12.1 Å². The molecule has 148 valence electrons. The maximum absolute atomic E-state index is 12.6. The van der Waals surface area contributed by atoms with Gasteiger partial charge in [-0.15, -0.1) is 0 Å². The van der Waals surface area contributed by atoms with Crippen molar-refractivity contribution in [1.29, 1.82) is 0 Å². The highest BCUT2D eigenvalue weighted by molar-refractivity contribution is 5.78. The van der Waals surface area contributed by atoms with Crippen LogP contribution in [0.1, 0.15) is 32.6 Å². The molecule has 4 rings (SSSR count). The fraction of sp³-hybridized carbons (Fsp3) is 0.682. The minimum Gasteiger partial charge on any atom is -0.495 e. The van der Waals surface area contributed by atoms with E-state index in [-0.39, 0.29) is 5.91 Å². The van der Waals surface area contributed by atoms with Crippen LogP contribution >= 0.6 is 0 Å². The summed E-state index contributed by atoms with van der Waals surface area (Å²) in [7, 11) is 1.72.